The van der Waals surface area contributed by atoms with Gasteiger partial charge in [0, 0.05) is 12.1 Å². The molecular formula is C13H17FN2O2. The Balaban J connectivity index is 1.97. The number of hydrogen-bond acceptors (Lipinski definition) is 2. The van der Waals surface area contributed by atoms with Crippen LogP contribution in [0.2, 0.25) is 0 Å². The van der Waals surface area contributed by atoms with Crippen molar-refractivity contribution >= 4 is 11.7 Å². The van der Waals surface area contributed by atoms with Crippen LogP contribution in [-0.4, -0.2) is 19.2 Å². The molecule has 0 unspecified atom stereocenters. The molecule has 0 aromatic heterocycles. The number of halogens is 1. The van der Waals surface area contributed by atoms with E-state index >= 15 is 0 Å². The fourth-order valence-electron chi connectivity index (χ4n) is 2.14. The largest absolute Gasteiger partial charge is 0.497 e. The smallest absolute Gasteiger partial charge is 0.319 e. The van der Waals surface area contributed by atoms with Gasteiger partial charge in [-0.25, -0.2) is 9.18 Å². The highest BCUT2D eigenvalue weighted by molar-refractivity contribution is 5.89. The van der Waals surface area contributed by atoms with E-state index in [0.717, 1.165) is 25.7 Å². The summed E-state index contributed by atoms with van der Waals surface area (Å²) in [5.74, 6) is 0.0324. The quantitative estimate of drug-likeness (QED) is 0.869. The van der Waals surface area contributed by atoms with Gasteiger partial charge in [-0.2, -0.15) is 0 Å². The Hall–Kier alpha value is -1.78. The molecule has 0 atom stereocenters. The average Bonchev–Trinajstić information content (AvgIpc) is 2.84. The summed E-state index contributed by atoms with van der Waals surface area (Å²) in [4.78, 5) is 11.7. The lowest BCUT2D eigenvalue weighted by molar-refractivity contribution is 0.248. The lowest BCUT2D eigenvalue weighted by Crippen LogP contribution is -2.36. The summed E-state index contributed by atoms with van der Waals surface area (Å²) < 4.78 is 18.5. The SMILES string of the molecule is COc1ccc(F)c(NC(=O)NC2CCCC2)c1. The molecule has 1 saturated carbocycles. The number of hydrogen-bond donors (Lipinski definition) is 2. The average molecular weight is 252 g/mol. The van der Waals surface area contributed by atoms with E-state index < -0.39 is 5.82 Å². The van der Waals surface area contributed by atoms with Gasteiger partial charge in [0.15, 0.2) is 0 Å². The second kappa shape index (κ2) is 5.71. The summed E-state index contributed by atoms with van der Waals surface area (Å²) in [5.41, 5.74) is 0.129. The second-order valence-electron chi connectivity index (χ2n) is 4.43. The number of rotatable bonds is 3. The van der Waals surface area contributed by atoms with Crippen LogP contribution in [0.15, 0.2) is 18.2 Å². The third kappa shape index (κ3) is 3.12. The van der Waals surface area contributed by atoms with E-state index in [0.29, 0.717) is 5.75 Å². The molecular weight excluding hydrogens is 235 g/mol. The lowest BCUT2D eigenvalue weighted by atomic mass is 10.2. The molecule has 4 nitrogen and oxygen atoms in total. The third-order valence-corrected chi connectivity index (χ3v) is 3.11. The first-order chi connectivity index (χ1) is 8.69. The van der Waals surface area contributed by atoms with E-state index in [-0.39, 0.29) is 17.8 Å². The zero-order valence-corrected chi connectivity index (χ0v) is 10.3. The van der Waals surface area contributed by atoms with Crippen LogP contribution in [0.1, 0.15) is 25.7 Å². The third-order valence-electron chi connectivity index (χ3n) is 3.11. The van der Waals surface area contributed by atoms with Crippen LogP contribution in [0, 0.1) is 5.82 Å². The Morgan fingerprint density at radius 3 is 2.78 bits per heavy atom. The zero-order valence-electron chi connectivity index (χ0n) is 10.3. The Labute approximate surface area is 106 Å². The molecule has 1 aromatic rings. The molecule has 1 fully saturated rings. The Bertz CT molecular complexity index is 431. The molecule has 0 radical (unpaired) electrons. The van der Waals surface area contributed by atoms with Crippen molar-refractivity contribution in [3.05, 3.63) is 24.0 Å². The first-order valence-corrected chi connectivity index (χ1v) is 6.10. The van der Waals surface area contributed by atoms with Gasteiger partial charge >= 0.3 is 6.03 Å². The zero-order chi connectivity index (χ0) is 13.0. The standard InChI is InChI=1S/C13H17FN2O2/c1-18-10-6-7-11(14)12(8-10)16-13(17)15-9-4-2-3-5-9/h6-9H,2-5H2,1H3,(H2,15,16,17). The Kier molecular flexibility index (Phi) is 4.02. The highest BCUT2D eigenvalue weighted by Gasteiger charge is 2.17. The van der Waals surface area contributed by atoms with Crippen molar-refractivity contribution in [2.24, 2.45) is 0 Å². The van der Waals surface area contributed by atoms with Gasteiger partial charge < -0.3 is 15.4 Å². The van der Waals surface area contributed by atoms with Crippen LogP contribution in [0.3, 0.4) is 0 Å². The van der Waals surface area contributed by atoms with E-state index in [1.54, 1.807) is 0 Å². The maximum Gasteiger partial charge on any atom is 0.319 e. The molecule has 0 bridgehead atoms. The predicted octanol–water partition coefficient (Wildman–Crippen LogP) is 2.90. The van der Waals surface area contributed by atoms with Crippen molar-refractivity contribution in [1.29, 1.82) is 0 Å². The maximum atomic E-state index is 13.5. The number of carbonyl (C=O) groups excluding carboxylic acids is 1. The number of amides is 2. The van der Waals surface area contributed by atoms with Crippen molar-refractivity contribution < 1.29 is 13.9 Å². The summed E-state index contributed by atoms with van der Waals surface area (Å²) in [5, 5.41) is 5.34. The number of carbonyl (C=O) groups is 1. The summed E-state index contributed by atoms with van der Waals surface area (Å²) in [6.07, 6.45) is 4.26. The molecule has 2 rings (SSSR count). The number of methoxy groups -OCH3 is 1. The van der Waals surface area contributed by atoms with E-state index in [1.165, 1.54) is 25.3 Å². The van der Waals surface area contributed by atoms with E-state index in [4.69, 9.17) is 4.74 Å². The van der Waals surface area contributed by atoms with Crippen LogP contribution in [0.4, 0.5) is 14.9 Å². The molecule has 0 saturated heterocycles. The highest BCUT2D eigenvalue weighted by atomic mass is 19.1. The second-order valence-corrected chi connectivity index (χ2v) is 4.43. The van der Waals surface area contributed by atoms with Gasteiger partial charge in [0.05, 0.1) is 12.8 Å². The van der Waals surface area contributed by atoms with E-state index in [9.17, 15) is 9.18 Å². The fraction of sp³-hybridized carbons (Fsp3) is 0.462. The Morgan fingerprint density at radius 1 is 1.39 bits per heavy atom. The summed E-state index contributed by atoms with van der Waals surface area (Å²) in [7, 11) is 1.50. The van der Waals surface area contributed by atoms with Gasteiger partial charge in [0.25, 0.3) is 0 Å². The minimum atomic E-state index is -0.475. The fourth-order valence-corrected chi connectivity index (χ4v) is 2.14. The van der Waals surface area contributed by atoms with Crippen LogP contribution in [0.25, 0.3) is 0 Å². The summed E-state index contributed by atoms with van der Waals surface area (Å²) >= 11 is 0. The molecule has 0 heterocycles. The Morgan fingerprint density at radius 2 is 2.11 bits per heavy atom. The van der Waals surface area contributed by atoms with Gasteiger partial charge in [-0.05, 0) is 25.0 Å². The van der Waals surface area contributed by atoms with Crippen molar-refractivity contribution in [3.8, 4) is 5.75 Å². The van der Waals surface area contributed by atoms with Gasteiger partial charge in [-0.1, -0.05) is 12.8 Å². The molecule has 2 amide bonds. The monoisotopic (exact) mass is 252 g/mol. The van der Waals surface area contributed by atoms with E-state index in [2.05, 4.69) is 10.6 Å². The van der Waals surface area contributed by atoms with Crippen molar-refractivity contribution in [2.45, 2.75) is 31.7 Å². The topological polar surface area (TPSA) is 50.4 Å². The highest BCUT2D eigenvalue weighted by Crippen LogP contribution is 2.21. The normalized spacial score (nSPS) is 15.4. The molecule has 1 aliphatic rings. The molecule has 0 spiro atoms. The van der Waals surface area contributed by atoms with Crippen molar-refractivity contribution in [2.75, 3.05) is 12.4 Å². The van der Waals surface area contributed by atoms with E-state index in [1.807, 2.05) is 0 Å². The van der Waals surface area contributed by atoms with Gasteiger partial charge in [0.2, 0.25) is 0 Å². The molecule has 5 heteroatoms. The minimum absolute atomic E-state index is 0.129. The van der Waals surface area contributed by atoms with Crippen LogP contribution < -0.4 is 15.4 Å². The maximum absolute atomic E-state index is 13.5. The van der Waals surface area contributed by atoms with Crippen LogP contribution in [-0.2, 0) is 0 Å². The van der Waals surface area contributed by atoms with Gasteiger partial charge in [-0.3, -0.25) is 0 Å². The first kappa shape index (κ1) is 12.7. The number of urea groups is 1. The predicted molar refractivity (Wildman–Crippen MR) is 67.4 cm³/mol. The molecule has 2 N–H and O–H groups in total. The summed E-state index contributed by atoms with van der Waals surface area (Å²) in [6, 6.07) is 4.08. The van der Waals surface area contributed by atoms with Gasteiger partial charge in [0.1, 0.15) is 11.6 Å². The minimum Gasteiger partial charge on any atom is -0.497 e. The molecule has 18 heavy (non-hydrogen) atoms. The molecule has 1 aliphatic carbocycles. The number of anilines is 1. The van der Waals surface area contributed by atoms with Gasteiger partial charge in [-0.15, -0.1) is 0 Å². The van der Waals surface area contributed by atoms with Crippen molar-refractivity contribution in [3.63, 3.8) is 0 Å². The molecule has 98 valence electrons. The number of nitrogens with one attached hydrogen (secondary N) is 2. The molecule has 1 aromatic carbocycles. The first-order valence-electron chi connectivity index (χ1n) is 6.10. The number of benzene rings is 1. The lowest BCUT2D eigenvalue weighted by Gasteiger charge is -2.13. The van der Waals surface area contributed by atoms with Crippen LogP contribution >= 0.6 is 0 Å². The number of ether oxygens (including phenoxy) is 1. The van der Waals surface area contributed by atoms with Crippen molar-refractivity contribution in [1.82, 2.24) is 5.32 Å². The molecule has 0 aliphatic heterocycles. The summed E-state index contributed by atoms with van der Waals surface area (Å²) in [6.45, 7) is 0. The van der Waals surface area contributed by atoms with Crippen LogP contribution in [0.5, 0.6) is 5.75 Å².